The average Bonchev–Trinajstić information content (AvgIpc) is 1.80. The lowest BCUT2D eigenvalue weighted by molar-refractivity contribution is 1.26. The number of nitrogens with zero attached hydrogens (tertiary/aromatic N) is 1. The van der Waals surface area contributed by atoms with Crippen LogP contribution in [0.4, 0.5) is 0 Å². The summed E-state index contributed by atoms with van der Waals surface area (Å²) in [5, 5.41) is 6.94. The molecule has 50 valence electrons. The zero-order valence-corrected chi connectivity index (χ0v) is 7.42. The highest BCUT2D eigenvalue weighted by molar-refractivity contribution is 14.1. The van der Waals surface area contributed by atoms with Gasteiger partial charge in [-0.15, -0.1) is 0 Å². The minimum Gasteiger partial charge on any atom is -0.293 e. The molecular formula is C6H9IN2. The molecule has 0 unspecified atom stereocenters. The van der Waals surface area contributed by atoms with Gasteiger partial charge in [-0.1, -0.05) is 12.2 Å². The van der Waals surface area contributed by atoms with Gasteiger partial charge in [0.1, 0.15) is 3.72 Å². The summed E-state index contributed by atoms with van der Waals surface area (Å²) in [5.41, 5.74) is 0. The maximum atomic E-state index is 6.94. The van der Waals surface area contributed by atoms with Gasteiger partial charge in [0.25, 0.3) is 0 Å². The molecule has 2 nitrogen and oxygen atoms in total. The minimum atomic E-state index is 0.470. The van der Waals surface area contributed by atoms with Crippen molar-refractivity contribution < 1.29 is 0 Å². The summed E-state index contributed by atoms with van der Waals surface area (Å²) >= 11 is 1.90. The Morgan fingerprint density at radius 1 is 1.78 bits per heavy atom. The molecule has 0 aromatic rings. The van der Waals surface area contributed by atoms with E-state index < -0.39 is 0 Å². The molecule has 0 amide bonds. The SMILES string of the molecule is C/C=C\C/N=C\C(=N)I. The molecule has 9 heavy (non-hydrogen) atoms. The smallest absolute Gasteiger partial charge is 0.110 e. The monoisotopic (exact) mass is 236 g/mol. The molecule has 3 heteroatoms. The van der Waals surface area contributed by atoms with Crippen LogP contribution in [0.5, 0.6) is 0 Å². The molecule has 0 aromatic carbocycles. The highest BCUT2D eigenvalue weighted by Gasteiger charge is 1.75. The third-order valence-corrected chi connectivity index (χ3v) is 0.930. The van der Waals surface area contributed by atoms with Gasteiger partial charge >= 0.3 is 0 Å². The number of nitrogens with one attached hydrogen (secondary N) is 1. The minimum absolute atomic E-state index is 0.470. The van der Waals surface area contributed by atoms with Gasteiger partial charge in [-0.2, -0.15) is 0 Å². The predicted octanol–water partition coefficient (Wildman–Crippen LogP) is 2.05. The zero-order chi connectivity index (χ0) is 7.11. The summed E-state index contributed by atoms with van der Waals surface area (Å²) in [7, 11) is 0. The fourth-order valence-corrected chi connectivity index (χ4v) is 0.496. The van der Waals surface area contributed by atoms with E-state index in [1.807, 2.05) is 41.7 Å². The second-order valence-corrected chi connectivity index (χ2v) is 2.57. The van der Waals surface area contributed by atoms with Gasteiger partial charge in [0.15, 0.2) is 0 Å². The molecule has 0 aliphatic carbocycles. The maximum absolute atomic E-state index is 6.94. The van der Waals surface area contributed by atoms with Crippen molar-refractivity contribution in [3.8, 4) is 0 Å². The van der Waals surface area contributed by atoms with Crippen LogP contribution in [-0.2, 0) is 0 Å². The molecule has 0 aliphatic heterocycles. The first-order valence-electron chi connectivity index (χ1n) is 2.62. The van der Waals surface area contributed by atoms with E-state index in [1.54, 1.807) is 6.21 Å². The van der Waals surface area contributed by atoms with Crippen LogP contribution in [-0.4, -0.2) is 16.5 Å². The Morgan fingerprint density at radius 3 is 2.89 bits per heavy atom. The Hall–Kier alpha value is -0.190. The average molecular weight is 236 g/mol. The fraction of sp³-hybridized carbons (Fsp3) is 0.333. The van der Waals surface area contributed by atoms with E-state index in [0.29, 0.717) is 10.3 Å². The lowest BCUT2D eigenvalue weighted by Gasteiger charge is -1.80. The van der Waals surface area contributed by atoms with E-state index in [-0.39, 0.29) is 0 Å². The Labute approximate surface area is 68.7 Å². The van der Waals surface area contributed by atoms with Crippen LogP contribution in [0.25, 0.3) is 0 Å². The predicted molar refractivity (Wildman–Crippen MR) is 49.9 cm³/mol. The van der Waals surface area contributed by atoms with Gasteiger partial charge in [0.2, 0.25) is 0 Å². The Morgan fingerprint density at radius 2 is 2.44 bits per heavy atom. The van der Waals surface area contributed by atoms with Gasteiger partial charge in [-0.3, -0.25) is 10.4 Å². The summed E-state index contributed by atoms with van der Waals surface area (Å²) in [5.74, 6) is 0. The van der Waals surface area contributed by atoms with Crippen molar-refractivity contribution in [1.82, 2.24) is 0 Å². The lowest BCUT2D eigenvalue weighted by atomic mass is 10.5. The van der Waals surface area contributed by atoms with Crippen LogP contribution < -0.4 is 0 Å². The molecule has 0 saturated carbocycles. The van der Waals surface area contributed by atoms with Crippen molar-refractivity contribution in [3.05, 3.63) is 12.2 Å². The molecule has 0 aromatic heterocycles. The normalized spacial score (nSPS) is 11.3. The van der Waals surface area contributed by atoms with E-state index in [1.165, 1.54) is 0 Å². The number of allylic oxidation sites excluding steroid dienone is 1. The molecule has 0 aliphatic rings. The van der Waals surface area contributed by atoms with E-state index in [4.69, 9.17) is 5.41 Å². The zero-order valence-electron chi connectivity index (χ0n) is 5.26. The van der Waals surface area contributed by atoms with E-state index in [0.717, 1.165) is 0 Å². The first-order valence-corrected chi connectivity index (χ1v) is 3.70. The summed E-state index contributed by atoms with van der Waals surface area (Å²) in [4.78, 5) is 3.92. The summed E-state index contributed by atoms with van der Waals surface area (Å²) in [6.07, 6.45) is 5.42. The maximum Gasteiger partial charge on any atom is 0.110 e. The molecule has 0 atom stereocenters. The van der Waals surface area contributed by atoms with Gasteiger partial charge in [0.05, 0.1) is 12.8 Å². The third kappa shape index (κ3) is 7.81. The molecule has 0 radical (unpaired) electrons. The van der Waals surface area contributed by atoms with Crippen LogP contribution in [0.15, 0.2) is 17.1 Å². The number of hydrogen-bond acceptors (Lipinski definition) is 2. The molecule has 0 spiro atoms. The van der Waals surface area contributed by atoms with Crippen molar-refractivity contribution in [2.75, 3.05) is 6.54 Å². The Balaban J connectivity index is 3.36. The molecular weight excluding hydrogens is 227 g/mol. The van der Waals surface area contributed by atoms with Crippen LogP contribution in [0, 0.1) is 5.41 Å². The number of halogens is 1. The molecule has 0 saturated heterocycles. The summed E-state index contributed by atoms with van der Waals surface area (Å²) < 4.78 is 0.470. The van der Waals surface area contributed by atoms with Crippen molar-refractivity contribution in [1.29, 1.82) is 5.41 Å². The second kappa shape index (κ2) is 5.94. The summed E-state index contributed by atoms with van der Waals surface area (Å²) in [6, 6.07) is 0. The number of rotatable bonds is 3. The molecule has 0 fully saturated rings. The first-order chi connectivity index (χ1) is 4.27. The van der Waals surface area contributed by atoms with Gasteiger partial charge in [-0.05, 0) is 29.5 Å². The Kier molecular flexibility index (Phi) is 5.81. The largest absolute Gasteiger partial charge is 0.293 e. The van der Waals surface area contributed by atoms with Crippen molar-refractivity contribution >= 4 is 32.5 Å². The quantitative estimate of drug-likeness (QED) is 0.442. The molecule has 0 bridgehead atoms. The Bertz CT molecular complexity index is 138. The van der Waals surface area contributed by atoms with Crippen molar-refractivity contribution in [2.45, 2.75) is 6.92 Å². The van der Waals surface area contributed by atoms with Crippen LogP contribution in [0.2, 0.25) is 0 Å². The van der Waals surface area contributed by atoms with Crippen LogP contribution in [0.1, 0.15) is 6.92 Å². The third-order valence-electron chi connectivity index (χ3n) is 0.651. The van der Waals surface area contributed by atoms with E-state index >= 15 is 0 Å². The summed E-state index contributed by atoms with van der Waals surface area (Å²) in [6.45, 7) is 2.63. The topological polar surface area (TPSA) is 36.2 Å². The van der Waals surface area contributed by atoms with Crippen molar-refractivity contribution in [2.24, 2.45) is 4.99 Å². The highest BCUT2D eigenvalue weighted by Crippen LogP contribution is 1.81. The number of hydrogen-bond donors (Lipinski definition) is 1. The highest BCUT2D eigenvalue weighted by atomic mass is 127. The van der Waals surface area contributed by atoms with Crippen LogP contribution in [0.3, 0.4) is 0 Å². The van der Waals surface area contributed by atoms with Gasteiger partial charge in [0, 0.05) is 0 Å². The van der Waals surface area contributed by atoms with E-state index in [2.05, 4.69) is 4.99 Å². The van der Waals surface area contributed by atoms with Gasteiger partial charge < -0.3 is 0 Å². The van der Waals surface area contributed by atoms with Gasteiger partial charge in [-0.25, -0.2) is 0 Å². The second-order valence-electron chi connectivity index (χ2n) is 1.41. The molecule has 1 N–H and O–H groups in total. The lowest BCUT2D eigenvalue weighted by Crippen LogP contribution is -1.83. The fourth-order valence-electron chi connectivity index (χ4n) is 0.299. The molecule has 0 rings (SSSR count). The van der Waals surface area contributed by atoms with Crippen molar-refractivity contribution in [3.63, 3.8) is 0 Å². The standard InChI is InChI=1S/C6H9IN2/c1-2-3-4-9-5-6(7)8/h2-3,5,8H,4H2,1H3/b3-2-,8-6?,9-5-. The first kappa shape index (κ1) is 8.81. The number of aliphatic imine (C=N–C) groups is 1. The van der Waals surface area contributed by atoms with Crippen LogP contribution >= 0.6 is 22.6 Å². The van der Waals surface area contributed by atoms with E-state index in [9.17, 15) is 0 Å². The molecule has 0 heterocycles.